The van der Waals surface area contributed by atoms with E-state index in [2.05, 4.69) is 5.32 Å². The molecule has 0 radical (unpaired) electrons. The number of carbonyl (C=O) groups is 2. The average molecular weight is 320 g/mol. The van der Waals surface area contributed by atoms with Crippen LogP contribution in [-0.4, -0.2) is 17.9 Å². The Bertz CT molecular complexity index is 733. The highest BCUT2D eigenvalue weighted by Gasteiger charge is 2.17. The van der Waals surface area contributed by atoms with Crippen molar-refractivity contribution in [3.05, 3.63) is 59.7 Å². The molecule has 1 atom stereocenters. The van der Waals surface area contributed by atoms with Crippen LogP contribution in [0.5, 0.6) is 5.75 Å². The van der Waals surface area contributed by atoms with Crippen molar-refractivity contribution in [2.45, 2.75) is 13.0 Å². The van der Waals surface area contributed by atoms with E-state index in [0.29, 0.717) is 11.3 Å². The SMILES string of the molecule is C[C@H](Oc1ccc(C(N)=O)cc1)C(=O)Nc1cc(F)ccc1F. The third-order valence-electron chi connectivity index (χ3n) is 3.01. The van der Waals surface area contributed by atoms with Crippen LogP contribution < -0.4 is 15.8 Å². The van der Waals surface area contributed by atoms with E-state index in [4.69, 9.17) is 10.5 Å². The average Bonchev–Trinajstić information content (AvgIpc) is 2.51. The molecule has 7 heteroatoms. The first-order chi connectivity index (χ1) is 10.9. The van der Waals surface area contributed by atoms with Gasteiger partial charge in [0.05, 0.1) is 5.69 Å². The van der Waals surface area contributed by atoms with Crippen LogP contribution in [0.25, 0.3) is 0 Å². The lowest BCUT2D eigenvalue weighted by Gasteiger charge is -2.15. The van der Waals surface area contributed by atoms with Gasteiger partial charge in [-0.15, -0.1) is 0 Å². The summed E-state index contributed by atoms with van der Waals surface area (Å²) in [5.74, 6) is -2.31. The fourth-order valence-electron chi connectivity index (χ4n) is 1.78. The quantitative estimate of drug-likeness (QED) is 0.888. The van der Waals surface area contributed by atoms with Crippen molar-refractivity contribution in [3.8, 4) is 5.75 Å². The molecule has 0 fully saturated rings. The summed E-state index contributed by atoms with van der Waals surface area (Å²) in [5.41, 5.74) is 5.15. The third kappa shape index (κ3) is 4.26. The Labute approximate surface area is 131 Å². The van der Waals surface area contributed by atoms with E-state index < -0.39 is 29.6 Å². The van der Waals surface area contributed by atoms with E-state index in [1.807, 2.05) is 0 Å². The number of anilines is 1. The number of nitrogens with one attached hydrogen (secondary N) is 1. The van der Waals surface area contributed by atoms with Gasteiger partial charge >= 0.3 is 0 Å². The first kappa shape index (κ1) is 16.4. The number of rotatable bonds is 5. The molecule has 0 aliphatic rings. The second-order valence-corrected chi connectivity index (χ2v) is 4.76. The van der Waals surface area contributed by atoms with E-state index in [1.165, 1.54) is 31.2 Å². The summed E-state index contributed by atoms with van der Waals surface area (Å²) in [6, 6.07) is 8.61. The number of hydrogen-bond acceptors (Lipinski definition) is 3. The van der Waals surface area contributed by atoms with Crippen LogP contribution >= 0.6 is 0 Å². The Kier molecular flexibility index (Phi) is 4.90. The molecule has 3 N–H and O–H groups in total. The third-order valence-corrected chi connectivity index (χ3v) is 3.01. The van der Waals surface area contributed by atoms with Gasteiger partial charge in [-0.1, -0.05) is 0 Å². The Morgan fingerprint density at radius 3 is 2.39 bits per heavy atom. The Hall–Kier alpha value is -2.96. The van der Waals surface area contributed by atoms with Gasteiger partial charge in [0.2, 0.25) is 5.91 Å². The second-order valence-electron chi connectivity index (χ2n) is 4.76. The van der Waals surface area contributed by atoms with Crippen molar-refractivity contribution in [2.24, 2.45) is 5.73 Å². The highest BCUT2D eigenvalue weighted by Crippen LogP contribution is 2.17. The second kappa shape index (κ2) is 6.87. The first-order valence-electron chi connectivity index (χ1n) is 6.69. The van der Waals surface area contributed by atoms with Crippen molar-refractivity contribution in [1.29, 1.82) is 0 Å². The molecule has 0 heterocycles. The van der Waals surface area contributed by atoms with Gasteiger partial charge in [0.25, 0.3) is 5.91 Å². The fourth-order valence-corrected chi connectivity index (χ4v) is 1.78. The summed E-state index contributed by atoms with van der Waals surface area (Å²) in [7, 11) is 0. The lowest BCUT2D eigenvalue weighted by atomic mass is 10.2. The summed E-state index contributed by atoms with van der Waals surface area (Å²) in [6.45, 7) is 1.45. The largest absolute Gasteiger partial charge is 0.481 e. The normalized spacial score (nSPS) is 11.6. The maximum atomic E-state index is 13.5. The molecule has 2 rings (SSSR count). The summed E-state index contributed by atoms with van der Waals surface area (Å²) in [4.78, 5) is 22.9. The van der Waals surface area contributed by atoms with Gasteiger partial charge in [0.1, 0.15) is 17.4 Å². The van der Waals surface area contributed by atoms with Crippen molar-refractivity contribution in [1.82, 2.24) is 0 Å². The lowest BCUT2D eigenvalue weighted by molar-refractivity contribution is -0.122. The molecule has 5 nitrogen and oxygen atoms in total. The predicted octanol–water partition coefficient (Wildman–Crippen LogP) is 2.47. The van der Waals surface area contributed by atoms with Crippen LogP contribution in [0.4, 0.5) is 14.5 Å². The number of halogens is 2. The number of hydrogen-bond donors (Lipinski definition) is 2. The molecule has 2 amide bonds. The fraction of sp³-hybridized carbons (Fsp3) is 0.125. The molecule has 0 bridgehead atoms. The van der Waals surface area contributed by atoms with Crippen LogP contribution in [0.1, 0.15) is 17.3 Å². The van der Waals surface area contributed by atoms with E-state index in [-0.39, 0.29) is 5.69 Å². The zero-order valence-corrected chi connectivity index (χ0v) is 12.2. The van der Waals surface area contributed by atoms with Gasteiger partial charge in [0, 0.05) is 11.6 Å². The minimum atomic E-state index is -0.961. The summed E-state index contributed by atoms with van der Waals surface area (Å²) in [5, 5.41) is 2.25. The molecule has 0 saturated heterocycles. The van der Waals surface area contributed by atoms with Crippen LogP contribution in [0.2, 0.25) is 0 Å². The number of ether oxygens (including phenoxy) is 1. The molecule has 0 spiro atoms. The molecule has 0 aliphatic carbocycles. The number of nitrogens with two attached hydrogens (primary N) is 1. The molecule has 120 valence electrons. The van der Waals surface area contributed by atoms with Crippen LogP contribution in [0.15, 0.2) is 42.5 Å². The van der Waals surface area contributed by atoms with Gasteiger partial charge in [-0.05, 0) is 43.3 Å². The van der Waals surface area contributed by atoms with E-state index in [1.54, 1.807) is 0 Å². The lowest BCUT2D eigenvalue weighted by Crippen LogP contribution is -2.30. The predicted molar refractivity (Wildman–Crippen MR) is 80.0 cm³/mol. The minimum Gasteiger partial charge on any atom is -0.481 e. The van der Waals surface area contributed by atoms with E-state index in [9.17, 15) is 18.4 Å². The van der Waals surface area contributed by atoms with Crippen molar-refractivity contribution in [3.63, 3.8) is 0 Å². The zero-order valence-electron chi connectivity index (χ0n) is 12.2. The van der Waals surface area contributed by atoms with Crippen LogP contribution in [-0.2, 0) is 4.79 Å². The Morgan fingerprint density at radius 2 is 1.78 bits per heavy atom. The van der Waals surface area contributed by atoms with Gasteiger partial charge in [-0.3, -0.25) is 9.59 Å². The molecule has 0 saturated carbocycles. The van der Waals surface area contributed by atoms with Gasteiger partial charge < -0.3 is 15.8 Å². The molecular formula is C16H14F2N2O3. The highest BCUT2D eigenvalue weighted by atomic mass is 19.1. The van der Waals surface area contributed by atoms with Crippen LogP contribution in [0.3, 0.4) is 0 Å². The molecular weight excluding hydrogens is 306 g/mol. The molecule has 0 unspecified atom stereocenters. The number of benzene rings is 2. The maximum absolute atomic E-state index is 13.5. The molecule has 0 aliphatic heterocycles. The van der Waals surface area contributed by atoms with Crippen molar-refractivity contribution in [2.75, 3.05) is 5.32 Å². The van der Waals surface area contributed by atoms with Gasteiger partial charge in [-0.25, -0.2) is 8.78 Å². The summed E-state index contributed by atoms with van der Waals surface area (Å²) < 4.78 is 31.9. The van der Waals surface area contributed by atoms with Crippen molar-refractivity contribution < 1.29 is 23.1 Å². The minimum absolute atomic E-state index is 0.269. The van der Waals surface area contributed by atoms with Crippen molar-refractivity contribution >= 4 is 17.5 Å². The van der Waals surface area contributed by atoms with E-state index in [0.717, 1.165) is 18.2 Å². The van der Waals surface area contributed by atoms with Gasteiger partial charge in [0.15, 0.2) is 6.10 Å². The number of primary amides is 1. The monoisotopic (exact) mass is 320 g/mol. The van der Waals surface area contributed by atoms with Gasteiger partial charge in [-0.2, -0.15) is 0 Å². The molecule has 0 aromatic heterocycles. The zero-order chi connectivity index (χ0) is 17.0. The first-order valence-corrected chi connectivity index (χ1v) is 6.69. The molecule has 2 aromatic rings. The molecule has 23 heavy (non-hydrogen) atoms. The topological polar surface area (TPSA) is 81.4 Å². The summed E-state index contributed by atoms with van der Waals surface area (Å²) >= 11 is 0. The number of carbonyl (C=O) groups excluding carboxylic acids is 2. The van der Waals surface area contributed by atoms with E-state index >= 15 is 0 Å². The Balaban J connectivity index is 2.02. The Morgan fingerprint density at radius 1 is 1.13 bits per heavy atom. The number of amides is 2. The maximum Gasteiger partial charge on any atom is 0.265 e. The standard InChI is InChI=1S/C16H14F2N2O3/c1-9(23-12-5-2-10(3-6-12)15(19)21)16(22)20-14-8-11(17)4-7-13(14)18/h2-9H,1H3,(H2,19,21)(H,20,22)/t9-/m0/s1. The smallest absolute Gasteiger partial charge is 0.265 e. The highest BCUT2D eigenvalue weighted by molar-refractivity contribution is 5.94. The molecule has 2 aromatic carbocycles. The van der Waals surface area contributed by atoms with Crippen LogP contribution in [0, 0.1) is 11.6 Å². The summed E-state index contributed by atoms with van der Waals surface area (Å²) in [6.07, 6.45) is -0.961.